The van der Waals surface area contributed by atoms with Crippen molar-refractivity contribution in [3.8, 4) is 0 Å². The molecular weight excluding hydrogens is 245 g/mol. The number of hydrogen-bond donors (Lipinski definition) is 2. The molecule has 2 rings (SSSR count). The van der Waals surface area contributed by atoms with E-state index in [2.05, 4.69) is 19.2 Å². The van der Waals surface area contributed by atoms with Gasteiger partial charge in [-0.2, -0.15) is 0 Å². The first-order valence-corrected chi connectivity index (χ1v) is 6.77. The molecule has 0 radical (unpaired) electrons. The lowest BCUT2D eigenvalue weighted by molar-refractivity contribution is 0.0693. The number of anilines is 1. The molecule has 2 N–H and O–H groups in total. The van der Waals surface area contributed by atoms with E-state index in [0.717, 1.165) is 19.3 Å². The van der Waals surface area contributed by atoms with E-state index in [1.54, 1.807) is 12.1 Å². The van der Waals surface area contributed by atoms with E-state index in [0.29, 0.717) is 17.5 Å². The molecule has 0 amide bonds. The maximum atomic E-state index is 13.6. The molecule has 0 saturated heterocycles. The number of aromatic carboxylic acids is 1. The minimum Gasteiger partial charge on any atom is -0.478 e. The van der Waals surface area contributed by atoms with Gasteiger partial charge in [0, 0.05) is 6.04 Å². The number of carboxylic acid groups (broad SMARTS) is 1. The highest BCUT2D eigenvalue weighted by Gasteiger charge is 2.26. The Morgan fingerprint density at radius 2 is 2.05 bits per heavy atom. The number of nitrogens with one attached hydrogen (secondary N) is 1. The summed E-state index contributed by atoms with van der Waals surface area (Å²) in [6.07, 6.45) is 3.12. The van der Waals surface area contributed by atoms with Gasteiger partial charge in [0.1, 0.15) is 11.4 Å². The Morgan fingerprint density at radius 1 is 1.32 bits per heavy atom. The smallest absolute Gasteiger partial charge is 0.340 e. The van der Waals surface area contributed by atoms with Gasteiger partial charge in [0.2, 0.25) is 0 Å². The van der Waals surface area contributed by atoms with Gasteiger partial charge in [-0.25, -0.2) is 9.18 Å². The van der Waals surface area contributed by atoms with Crippen molar-refractivity contribution in [2.24, 2.45) is 11.8 Å². The Hall–Kier alpha value is -1.58. The molecule has 104 valence electrons. The van der Waals surface area contributed by atoms with Crippen LogP contribution in [-0.4, -0.2) is 17.1 Å². The molecule has 19 heavy (non-hydrogen) atoms. The van der Waals surface area contributed by atoms with Crippen molar-refractivity contribution in [2.45, 2.75) is 39.2 Å². The molecule has 1 aromatic carbocycles. The van der Waals surface area contributed by atoms with Crippen LogP contribution in [0.15, 0.2) is 18.2 Å². The van der Waals surface area contributed by atoms with Crippen molar-refractivity contribution < 1.29 is 14.3 Å². The first kappa shape index (κ1) is 13.8. The quantitative estimate of drug-likeness (QED) is 0.874. The van der Waals surface area contributed by atoms with Crippen molar-refractivity contribution in [3.63, 3.8) is 0 Å². The largest absolute Gasteiger partial charge is 0.478 e. The summed E-state index contributed by atoms with van der Waals surface area (Å²) in [6, 6.07) is 4.58. The molecule has 1 saturated carbocycles. The molecule has 3 unspecified atom stereocenters. The van der Waals surface area contributed by atoms with Gasteiger partial charge in [-0.1, -0.05) is 19.9 Å². The van der Waals surface area contributed by atoms with Gasteiger partial charge in [0.25, 0.3) is 0 Å². The SMILES string of the molecule is CC1CCC(Nc2cccc(F)c2C(=O)O)CC1C. The Labute approximate surface area is 112 Å². The highest BCUT2D eigenvalue weighted by molar-refractivity contribution is 5.94. The van der Waals surface area contributed by atoms with Crippen LogP contribution in [0.3, 0.4) is 0 Å². The lowest BCUT2D eigenvalue weighted by Crippen LogP contribution is -2.31. The third-order valence-corrected chi connectivity index (χ3v) is 4.19. The molecule has 4 heteroatoms. The molecule has 3 atom stereocenters. The highest BCUT2D eigenvalue weighted by atomic mass is 19.1. The molecule has 1 aliphatic rings. The fourth-order valence-electron chi connectivity index (χ4n) is 2.76. The summed E-state index contributed by atoms with van der Waals surface area (Å²) in [4.78, 5) is 11.1. The first-order valence-electron chi connectivity index (χ1n) is 6.77. The van der Waals surface area contributed by atoms with Gasteiger partial charge >= 0.3 is 5.97 Å². The molecule has 1 fully saturated rings. The number of carbonyl (C=O) groups is 1. The molecule has 0 heterocycles. The molecule has 1 aromatic rings. The standard InChI is InChI=1S/C15H20FNO2/c1-9-6-7-11(8-10(9)2)17-13-5-3-4-12(16)14(13)15(18)19/h3-5,9-11,17H,6-8H2,1-2H3,(H,18,19). The van der Waals surface area contributed by atoms with E-state index < -0.39 is 11.8 Å². The molecule has 0 aliphatic heterocycles. The third kappa shape index (κ3) is 3.06. The van der Waals surface area contributed by atoms with E-state index in [1.807, 2.05) is 0 Å². The summed E-state index contributed by atoms with van der Waals surface area (Å²) < 4.78 is 13.6. The van der Waals surface area contributed by atoms with E-state index in [1.165, 1.54) is 6.07 Å². The zero-order valence-electron chi connectivity index (χ0n) is 11.3. The third-order valence-electron chi connectivity index (χ3n) is 4.19. The van der Waals surface area contributed by atoms with Gasteiger partial charge < -0.3 is 10.4 Å². The van der Waals surface area contributed by atoms with Crippen LogP contribution in [-0.2, 0) is 0 Å². The normalized spacial score (nSPS) is 27.0. The average Bonchev–Trinajstić information content (AvgIpc) is 2.33. The second-order valence-corrected chi connectivity index (χ2v) is 5.58. The number of halogens is 1. The number of rotatable bonds is 3. The van der Waals surface area contributed by atoms with E-state index in [-0.39, 0.29) is 11.6 Å². The van der Waals surface area contributed by atoms with Crippen LogP contribution in [0, 0.1) is 17.7 Å². The summed E-state index contributed by atoms with van der Waals surface area (Å²) >= 11 is 0. The molecule has 3 nitrogen and oxygen atoms in total. The van der Waals surface area contributed by atoms with Crippen LogP contribution >= 0.6 is 0 Å². The van der Waals surface area contributed by atoms with E-state index >= 15 is 0 Å². The summed E-state index contributed by atoms with van der Waals surface area (Å²) in [5.41, 5.74) is 0.132. The fourth-order valence-corrected chi connectivity index (χ4v) is 2.76. The molecule has 0 spiro atoms. The highest BCUT2D eigenvalue weighted by Crippen LogP contribution is 2.32. The summed E-state index contributed by atoms with van der Waals surface area (Å²) in [7, 11) is 0. The lowest BCUT2D eigenvalue weighted by Gasteiger charge is -2.33. The Bertz CT molecular complexity index is 475. The van der Waals surface area contributed by atoms with Gasteiger partial charge in [-0.15, -0.1) is 0 Å². The predicted octanol–water partition coefficient (Wildman–Crippen LogP) is 3.76. The Balaban J connectivity index is 2.15. The zero-order chi connectivity index (χ0) is 14.0. The molecule has 0 aromatic heterocycles. The van der Waals surface area contributed by atoms with E-state index in [4.69, 9.17) is 5.11 Å². The van der Waals surface area contributed by atoms with Gasteiger partial charge in [0.15, 0.2) is 0 Å². The molecule has 0 bridgehead atoms. The van der Waals surface area contributed by atoms with Crippen molar-refractivity contribution in [3.05, 3.63) is 29.6 Å². The summed E-state index contributed by atoms with van der Waals surface area (Å²) in [5.74, 6) is -0.606. The van der Waals surface area contributed by atoms with Crippen LogP contribution in [0.1, 0.15) is 43.5 Å². The monoisotopic (exact) mass is 265 g/mol. The second-order valence-electron chi connectivity index (χ2n) is 5.58. The average molecular weight is 265 g/mol. The molecular formula is C15H20FNO2. The first-order chi connectivity index (χ1) is 8.99. The van der Waals surface area contributed by atoms with Crippen molar-refractivity contribution in [1.29, 1.82) is 0 Å². The summed E-state index contributed by atoms with van der Waals surface area (Å²) in [6.45, 7) is 4.45. The van der Waals surface area contributed by atoms with Crippen molar-refractivity contribution >= 4 is 11.7 Å². The van der Waals surface area contributed by atoms with Gasteiger partial charge in [0.05, 0.1) is 5.69 Å². The van der Waals surface area contributed by atoms with Crippen LogP contribution in [0.25, 0.3) is 0 Å². The van der Waals surface area contributed by atoms with Crippen molar-refractivity contribution in [1.82, 2.24) is 0 Å². The zero-order valence-corrected chi connectivity index (χ0v) is 11.3. The van der Waals surface area contributed by atoms with Gasteiger partial charge in [-0.3, -0.25) is 0 Å². The topological polar surface area (TPSA) is 49.3 Å². The molecule has 1 aliphatic carbocycles. The lowest BCUT2D eigenvalue weighted by atomic mass is 9.79. The number of benzene rings is 1. The van der Waals surface area contributed by atoms with Crippen LogP contribution < -0.4 is 5.32 Å². The van der Waals surface area contributed by atoms with E-state index in [9.17, 15) is 9.18 Å². The minimum absolute atomic E-state index is 0.228. The fraction of sp³-hybridized carbons (Fsp3) is 0.533. The summed E-state index contributed by atoms with van der Waals surface area (Å²) in [5, 5.41) is 12.3. The Morgan fingerprint density at radius 3 is 2.68 bits per heavy atom. The van der Waals surface area contributed by atoms with Crippen LogP contribution in [0.5, 0.6) is 0 Å². The van der Waals surface area contributed by atoms with Crippen molar-refractivity contribution in [2.75, 3.05) is 5.32 Å². The maximum Gasteiger partial charge on any atom is 0.340 e. The number of hydrogen-bond acceptors (Lipinski definition) is 2. The maximum absolute atomic E-state index is 13.6. The second kappa shape index (κ2) is 5.59. The predicted molar refractivity (Wildman–Crippen MR) is 72.9 cm³/mol. The minimum atomic E-state index is -1.22. The van der Waals surface area contributed by atoms with Crippen LogP contribution in [0.4, 0.5) is 10.1 Å². The Kier molecular flexibility index (Phi) is 4.08. The van der Waals surface area contributed by atoms with Crippen LogP contribution in [0.2, 0.25) is 0 Å². The number of carboxylic acids is 1. The van der Waals surface area contributed by atoms with Gasteiger partial charge in [-0.05, 0) is 43.2 Å².